The van der Waals surface area contributed by atoms with Gasteiger partial charge in [-0.25, -0.2) is 4.39 Å². The summed E-state index contributed by atoms with van der Waals surface area (Å²) in [6.45, 7) is 4.86. The lowest BCUT2D eigenvalue weighted by atomic mass is 10.2. The normalized spacial score (nSPS) is 11.1. The van der Waals surface area contributed by atoms with E-state index in [9.17, 15) is 9.18 Å². The number of hydrogen-bond donors (Lipinski definition) is 1. The molecule has 0 bridgehead atoms. The van der Waals surface area contributed by atoms with Gasteiger partial charge in [0.2, 0.25) is 5.91 Å². The van der Waals surface area contributed by atoms with Gasteiger partial charge in [0.25, 0.3) is 0 Å². The van der Waals surface area contributed by atoms with Gasteiger partial charge < -0.3 is 9.73 Å². The summed E-state index contributed by atoms with van der Waals surface area (Å²) in [4.78, 5) is 12.2. The van der Waals surface area contributed by atoms with Gasteiger partial charge in [0.05, 0.1) is 17.7 Å². The van der Waals surface area contributed by atoms with Crippen molar-refractivity contribution in [3.05, 3.63) is 46.9 Å². The second-order valence-corrected chi connectivity index (χ2v) is 8.11. The number of hydrogen-bond acceptors (Lipinski definition) is 5. The molecule has 0 saturated heterocycles. The highest BCUT2D eigenvalue weighted by atomic mass is 79.9. The summed E-state index contributed by atoms with van der Waals surface area (Å²) in [6.07, 6.45) is 1.58. The zero-order valence-corrected chi connectivity index (χ0v) is 17.2. The van der Waals surface area contributed by atoms with Crippen LogP contribution in [0.25, 0.3) is 11.6 Å². The maximum absolute atomic E-state index is 13.9. The maximum Gasteiger partial charge on any atom is 0.234 e. The van der Waals surface area contributed by atoms with Gasteiger partial charge in [-0.2, -0.15) is 0 Å². The fraction of sp³-hybridized carbons (Fsp3) is 0.278. The van der Waals surface area contributed by atoms with Gasteiger partial charge in [0.15, 0.2) is 16.7 Å². The van der Waals surface area contributed by atoms with E-state index in [0.717, 1.165) is 0 Å². The monoisotopic (exact) mass is 452 g/mol. The Kier molecular flexibility index (Phi) is 6.33. The molecule has 1 N–H and O–H groups in total. The maximum atomic E-state index is 13.9. The third-order valence-electron chi connectivity index (χ3n) is 3.54. The zero-order valence-electron chi connectivity index (χ0n) is 14.8. The summed E-state index contributed by atoms with van der Waals surface area (Å²) in [5.41, 5.74) is 0.142. The Hall–Kier alpha value is -2.13. The first-order valence-corrected chi connectivity index (χ1v) is 10.1. The number of furan rings is 1. The van der Waals surface area contributed by atoms with Crippen LogP contribution in [0.15, 0.2) is 50.6 Å². The van der Waals surface area contributed by atoms with E-state index in [2.05, 4.69) is 45.3 Å². The number of aromatic nitrogens is 3. The molecule has 0 radical (unpaired) electrons. The Bertz CT molecular complexity index is 928. The Balaban J connectivity index is 1.70. The molecule has 2 aromatic heterocycles. The molecular weight excluding hydrogens is 435 g/mol. The first-order valence-electron chi connectivity index (χ1n) is 8.29. The van der Waals surface area contributed by atoms with Gasteiger partial charge in [-0.15, -0.1) is 10.2 Å². The molecule has 2 heterocycles. The fourth-order valence-corrected chi connectivity index (χ4v) is 3.50. The molecule has 0 unspecified atom stereocenters. The van der Waals surface area contributed by atoms with Crippen LogP contribution in [0, 0.1) is 11.7 Å². The number of nitrogens with zero attached hydrogens (tertiary/aromatic N) is 3. The van der Waals surface area contributed by atoms with Gasteiger partial charge in [0, 0.05) is 11.0 Å². The van der Waals surface area contributed by atoms with E-state index in [0.29, 0.717) is 33.7 Å². The molecule has 1 amide bonds. The topological polar surface area (TPSA) is 73.0 Å². The lowest BCUT2D eigenvalue weighted by Gasteiger charge is -2.11. The fourth-order valence-electron chi connectivity index (χ4n) is 2.42. The first kappa shape index (κ1) is 19.6. The molecule has 0 spiro atoms. The minimum atomic E-state index is -0.495. The van der Waals surface area contributed by atoms with Crippen molar-refractivity contribution >= 4 is 39.3 Å². The van der Waals surface area contributed by atoms with Gasteiger partial charge >= 0.3 is 0 Å². The number of rotatable bonds is 7. The zero-order chi connectivity index (χ0) is 19.4. The van der Waals surface area contributed by atoms with Crippen LogP contribution < -0.4 is 5.32 Å². The highest BCUT2D eigenvalue weighted by molar-refractivity contribution is 9.10. The van der Waals surface area contributed by atoms with Crippen LogP contribution in [0.2, 0.25) is 0 Å². The lowest BCUT2D eigenvalue weighted by molar-refractivity contribution is -0.113. The lowest BCUT2D eigenvalue weighted by Crippen LogP contribution is -2.16. The Labute approximate surface area is 168 Å². The minimum Gasteiger partial charge on any atom is -0.461 e. The van der Waals surface area contributed by atoms with Crippen molar-refractivity contribution in [1.82, 2.24) is 14.8 Å². The van der Waals surface area contributed by atoms with Crippen molar-refractivity contribution in [3.63, 3.8) is 0 Å². The number of benzene rings is 1. The first-order chi connectivity index (χ1) is 12.9. The predicted octanol–water partition coefficient (Wildman–Crippen LogP) is 4.83. The smallest absolute Gasteiger partial charge is 0.234 e. The molecule has 0 aliphatic heterocycles. The van der Waals surface area contributed by atoms with Crippen LogP contribution in [0.3, 0.4) is 0 Å². The van der Waals surface area contributed by atoms with Crippen LogP contribution >= 0.6 is 27.7 Å². The number of amides is 1. The molecule has 3 aromatic rings. The van der Waals surface area contributed by atoms with Gasteiger partial charge in [-0.05, 0) is 36.2 Å². The van der Waals surface area contributed by atoms with Crippen molar-refractivity contribution in [2.45, 2.75) is 25.5 Å². The second kappa shape index (κ2) is 8.71. The predicted molar refractivity (Wildman–Crippen MR) is 106 cm³/mol. The summed E-state index contributed by atoms with van der Waals surface area (Å²) in [6, 6.07) is 8.09. The third kappa shape index (κ3) is 4.98. The highest BCUT2D eigenvalue weighted by Gasteiger charge is 2.18. The highest BCUT2D eigenvalue weighted by Crippen LogP contribution is 2.26. The van der Waals surface area contributed by atoms with Crippen LogP contribution in [0.5, 0.6) is 0 Å². The number of carbonyl (C=O) groups excluding carboxylic acids is 1. The average molecular weight is 453 g/mol. The number of carbonyl (C=O) groups is 1. The summed E-state index contributed by atoms with van der Waals surface area (Å²) < 4.78 is 21.8. The molecule has 27 heavy (non-hydrogen) atoms. The number of anilines is 1. The Morgan fingerprint density at radius 3 is 2.85 bits per heavy atom. The standard InChI is InChI=1S/C18H18BrFN4O2S/c1-11(2)9-24-17(15-4-3-7-26-15)22-23-18(24)27-10-16(25)21-14-6-5-12(19)8-13(14)20/h3-8,11H,9-10H2,1-2H3,(H,21,25). The van der Waals surface area contributed by atoms with Crippen molar-refractivity contribution < 1.29 is 13.6 Å². The molecule has 0 aliphatic carbocycles. The molecular formula is C18H18BrFN4O2S. The van der Waals surface area contributed by atoms with Crippen molar-refractivity contribution in [2.24, 2.45) is 5.92 Å². The van der Waals surface area contributed by atoms with Crippen molar-refractivity contribution in [3.8, 4) is 11.6 Å². The van der Waals surface area contributed by atoms with E-state index < -0.39 is 5.82 Å². The summed E-state index contributed by atoms with van der Waals surface area (Å²) in [5.74, 6) is 0.876. The van der Waals surface area contributed by atoms with Crippen LogP contribution in [-0.2, 0) is 11.3 Å². The van der Waals surface area contributed by atoms with E-state index in [4.69, 9.17) is 4.42 Å². The molecule has 142 valence electrons. The molecule has 0 fully saturated rings. The van der Waals surface area contributed by atoms with Gasteiger partial charge in [-0.3, -0.25) is 9.36 Å². The SMILES string of the molecule is CC(C)Cn1c(SCC(=O)Nc2ccc(Br)cc2F)nnc1-c1ccco1. The molecule has 1 aromatic carbocycles. The van der Waals surface area contributed by atoms with Gasteiger partial charge in [-0.1, -0.05) is 41.5 Å². The molecule has 0 saturated carbocycles. The van der Waals surface area contributed by atoms with E-state index in [1.807, 2.05) is 10.6 Å². The Morgan fingerprint density at radius 1 is 1.37 bits per heavy atom. The quantitative estimate of drug-likeness (QED) is 0.519. The van der Waals surface area contributed by atoms with Crippen LogP contribution in [0.4, 0.5) is 10.1 Å². The largest absolute Gasteiger partial charge is 0.461 e. The van der Waals surface area contributed by atoms with E-state index in [-0.39, 0.29) is 17.3 Å². The average Bonchev–Trinajstić information content (AvgIpc) is 3.25. The van der Waals surface area contributed by atoms with E-state index in [1.54, 1.807) is 18.4 Å². The second-order valence-electron chi connectivity index (χ2n) is 6.25. The minimum absolute atomic E-state index is 0.0872. The molecule has 0 aliphatic rings. The number of nitrogens with one attached hydrogen (secondary N) is 1. The third-order valence-corrected chi connectivity index (χ3v) is 5.00. The van der Waals surface area contributed by atoms with E-state index >= 15 is 0 Å². The Morgan fingerprint density at radius 2 is 2.19 bits per heavy atom. The van der Waals surface area contributed by atoms with Crippen molar-refractivity contribution in [1.29, 1.82) is 0 Å². The van der Waals surface area contributed by atoms with E-state index in [1.165, 1.54) is 23.9 Å². The summed E-state index contributed by atoms with van der Waals surface area (Å²) >= 11 is 4.43. The number of thioether (sulfide) groups is 1. The molecule has 9 heteroatoms. The molecule has 6 nitrogen and oxygen atoms in total. The number of halogens is 2. The van der Waals surface area contributed by atoms with Crippen LogP contribution in [-0.4, -0.2) is 26.4 Å². The molecule has 0 atom stereocenters. The summed E-state index contributed by atoms with van der Waals surface area (Å²) in [5, 5.41) is 11.6. The summed E-state index contributed by atoms with van der Waals surface area (Å²) in [7, 11) is 0. The van der Waals surface area contributed by atoms with Crippen molar-refractivity contribution in [2.75, 3.05) is 11.1 Å². The molecule has 3 rings (SSSR count). The van der Waals surface area contributed by atoms with Gasteiger partial charge in [0.1, 0.15) is 5.82 Å². The van der Waals surface area contributed by atoms with Crippen LogP contribution in [0.1, 0.15) is 13.8 Å².